The topological polar surface area (TPSA) is 60.2 Å². The molecule has 116 valence electrons. The van der Waals surface area contributed by atoms with Crippen LogP contribution in [0, 0.1) is 5.92 Å². The van der Waals surface area contributed by atoms with Gasteiger partial charge in [-0.3, -0.25) is 16.3 Å². The van der Waals surface area contributed by atoms with Crippen LogP contribution in [0.25, 0.3) is 0 Å². The van der Waals surface area contributed by atoms with Crippen LogP contribution < -0.4 is 11.3 Å². The number of aromatic nitrogens is 1. The highest BCUT2D eigenvalue weighted by atomic mass is 35.5. The minimum atomic E-state index is 0.0724. The zero-order valence-corrected chi connectivity index (χ0v) is 13.1. The summed E-state index contributed by atoms with van der Waals surface area (Å²) in [5.74, 6) is 6.31. The van der Waals surface area contributed by atoms with Gasteiger partial charge in [-0.25, -0.2) is 0 Å². The monoisotopic (exact) mass is 309 g/mol. The normalized spacial score (nSPS) is 26.7. The van der Waals surface area contributed by atoms with Gasteiger partial charge in [0.25, 0.3) is 0 Å². The molecule has 1 aromatic heterocycles. The molecule has 3 rings (SSSR count). The van der Waals surface area contributed by atoms with E-state index in [0.29, 0.717) is 10.9 Å². The van der Waals surface area contributed by atoms with Gasteiger partial charge in [0.1, 0.15) is 0 Å². The molecule has 2 unspecified atom stereocenters. The Kier molecular flexibility index (Phi) is 4.79. The average molecular weight is 310 g/mol. The number of nitrogens with one attached hydrogen (secondary N) is 1. The molecule has 3 N–H and O–H groups in total. The van der Waals surface area contributed by atoms with Crippen LogP contribution in [-0.4, -0.2) is 17.2 Å². The lowest BCUT2D eigenvalue weighted by Crippen LogP contribution is -2.46. The van der Waals surface area contributed by atoms with Crippen LogP contribution in [0.5, 0.6) is 0 Å². The lowest BCUT2D eigenvalue weighted by molar-refractivity contribution is -0.122. The molecule has 4 nitrogen and oxygen atoms in total. The summed E-state index contributed by atoms with van der Waals surface area (Å²) in [4.78, 5) is 4.06. The smallest absolute Gasteiger partial charge is 0.0686 e. The first-order valence-electron chi connectivity index (χ1n) is 7.94. The van der Waals surface area contributed by atoms with Crippen molar-refractivity contribution in [1.82, 2.24) is 10.4 Å². The minimum Gasteiger partial charge on any atom is -0.375 e. The minimum absolute atomic E-state index is 0.0724. The van der Waals surface area contributed by atoms with Crippen molar-refractivity contribution in [3.8, 4) is 0 Å². The molecular weight excluding hydrogens is 286 g/mol. The van der Waals surface area contributed by atoms with E-state index >= 15 is 0 Å². The number of nitrogens with zero attached hydrogens (tertiary/aromatic N) is 1. The van der Waals surface area contributed by atoms with E-state index in [1.54, 1.807) is 12.4 Å². The fraction of sp³-hybridized carbons (Fsp3) is 0.688. The summed E-state index contributed by atoms with van der Waals surface area (Å²) in [6.07, 6.45) is 11.8. The van der Waals surface area contributed by atoms with Crippen LogP contribution in [0.15, 0.2) is 18.5 Å². The van der Waals surface area contributed by atoms with Crippen molar-refractivity contribution >= 4 is 11.6 Å². The van der Waals surface area contributed by atoms with Gasteiger partial charge in [0, 0.05) is 19.0 Å². The molecule has 0 amide bonds. The summed E-state index contributed by atoms with van der Waals surface area (Å²) >= 11 is 6.30. The summed E-state index contributed by atoms with van der Waals surface area (Å²) in [5.41, 5.74) is 4.11. The first-order chi connectivity index (χ1) is 10.2. The third-order valence-corrected chi connectivity index (χ3v) is 5.40. The molecule has 2 heterocycles. The second-order valence-corrected chi connectivity index (χ2v) is 6.79. The Morgan fingerprint density at radius 1 is 1.38 bits per heavy atom. The number of pyridine rings is 1. The van der Waals surface area contributed by atoms with Crippen LogP contribution in [0.4, 0.5) is 0 Å². The van der Waals surface area contributed by atoms with Gasteiger partial charge in [-0.1, -0.05) is 30.9 Å². The van der Waals surface area contributed by atoms with Crippen LogP contribution in [-0.2, 0) is 4.74 Å². The molecule has 0 aromatic carbocycles. The fourth-order valence-corrected chi connectivity index (χ4v) is 4.25. The highest BCUT2D eigenvalue weighted by Crippen LogP contribution is 2.44. The van der Waals surface area contributed by atoms with E-state index in [4.69, 9.17) is 22.2 Å². The number of rotatable bonds is 3. The van der Waals surface area contributed by atoms with Gasteiger partial charge in [-0.2, -0.15) is 0 Å². The SMILES string of the molecule is NNC(c1ccncc1Cl)C1CCOC2(CCCCC2)C1. The maximum absolute atomic E-state index is 6.30. The highest BCUT2D eigenvalue weighted by molar-refractivity contribution is 6.31. The summed E-state index contributed by atoms with van der Waals surface area (Å²) in [5, 5.41) is 0.685. The van der Waals surface area contributed by atoms with E-state index in [1.165, 1.54) is 32.1 Å². The zero-order chi connectivity index (χ0) is 14.7. The average Bonchev–Trinajstić information content (AvgIpc) is 2.51. The van der Waals surface area contributed by atoms with Gasteiger partial charge in [-0.05, 0) is 43.2 Å². The van der Waals surface area contributed by atoms with Crippen LogP contribution in [0.2, 0.25) is 5.02 Å². The molecule has 2 atom stereocenters. The Bertz CT molecular complexity index is 471. The highest BCUT2D eigenvalue weighted by Gasteiger charge is 2.41. The lowest BCUT2D eigenvalue weighted by Gasteiger charge is -2.45. The molecule has 0 radical (unpaired) electrons. The number of hydrazine groups is 1. The Labute approximate surface area is 131 Å². The third-order valence-electron chi connectivity index (χ3n) is 5.09. The first-order valence-corrected chi connectivity index (χ1v) is 8.31. The van der Waals surface area contributed by atoms with Gasteiger partial charge in [0.2, 0.25) is 0 Å². The molecule has 1 saturated carbocycles. The third kappa shape index (κ3) is 3.24. The van der Waals surface area contributed by atoms with Crippen molar-refractivity contribution in [3.63, 3.8) is 0 Å². The molecule has 21 heavy (non-hydrogen) atoms. The van der Waals surface area contributed by atoms with E-state index in [0.717, 1.165) is 25.0 Å². The second-order valence-electron chi connectivity index (χ2n) is 6.39. The van der Waals surface area contributed by atoms with Gasteiger partial charge in [-0.15, -0.1) is 0 Å². The first kappa shape index (κ1) is 15.2. The molecule has 1 spiro atoms. The zero-order valence-electron chi connectivity index (χ0n) is 12.4. The van der Waals surface area contributed by atoms with Crippen LogP contribution in [0.3, 0.4) is 0 Å². The Morgan fingerprint density at radius 2 is 2.19 bits per heavy atom. The van der Waals surface area contributed by atoms with E-state index in [2.05, 4.69) is 10.4 Å². The van der Waals surface area contributed by atoms with E-state index in [-0.39, 0.29) is 11.6 Å². The van der Waals surface area contributed by atoms with Crippen molar-refractivity contribution in [1.29, 1.82) is 0 Å². The summed E-state index contributed by atoms with van der Waals surface area (Å²) in [7, 11) is 0. The van der Waals surface area contributed by atoms with Gasteiger partial charge >= 0.3 is 0 Å². The van der Waals surface area contributed by atoms with Crippen molar-refractivity contribution in [2.45, 2.75) is 56.6 Å². The molecule has 2 aliphatic rings. The van der Waals surface area contributed by atoms with Crippen molar-refractivity contribution in [2.24, 2.45) is 11.8 Å². The van der Waals surface area contributed by atoms with Crippen molar-refractivity contribution in [3.05, 3.63) is 29.0 Å². The number of ether oxygens (including phenoxy) is 1. The Hall–Kier alpha value is -0.680. The quantitative estimate of drug-likeness (QED) is 0.664. The standard InChI is InChI=1S/C16H24ClN3O/c17-14-11-19-8-4-13(14)15(20-18)12-5-9-21-16(10-12)6-2-1-3-7-16/h4,8,11-12,15,20H,1-3,5-7,9-10,18H2. The number of nitrogens with two attached hydrogens (primary N) is 1. The van der Waals surface area contributed by atoms with Crippen molar-refractivity contribution in [2.75, 3.05) is 6.61 Å². The predicted octanol–water partition coefficient (Wildman–Crippen LogP) is 3.37. The summed E-state index contributed by atoms with van der Waals surface area (Å²) < 4.78 is 6.18. The van der Waals surface area contributed by atoms with Gasteiger partial charge < -0.3 is 4.74 Å². The maximum Gasteiger partial charge on any atom is 0.0686 e. The van der Waals surface area contributed by atoms with Crippen LogP contribution >= 0.6 is 11.6 Å². The van der Waals surface area contributed by atoms with Gasteiger partial charge in [0.15, 0.2) is 0 Å². The number of hydrogen-bond acceptors (Lipinski definition) is 4. The Balaban J connectivity index is 1.79. The van der Waals surface area contributed by atoms with Crippen molar-refractivity contribution < 1.29 is 4.74 Å². The predicted molar refractivity (Wildman–Crippen MR) is 83.8 cm³/mol. The molecule has 2 fully saturated rings. The molecule has 1 aromatic rings. The molecule has 1 aliphatic carbocycles. The number of halogens is 1. The van der Waals surface area contributed by atoms with Crippen LogP contribution in [0.1, 0.15) is 56.6 Å². The molecule has 1 aliphatic heterocycles. The molecular formula is C16H24ClN3O. The Morgan fingerprint density at radius 3 is 2.90 bits per heavy atom. The summed E-state index contributed by atoms with van der Waals surface area (Å²) in [6.45, 7) is 0.825. The summed E-state index contributed by atoms with van der Waals surface area (Å²) in [6, 6.07) is 2.04. The fourth-order valence-electron chi connectivity index (χ4n) is 4.01. The molecule has 5 heteroatoms. The molecule has 1 saturated heterocycles. The van der Waals surface area contributed by atoms with E-state index in [1.807, 2.05) is 6.07 Å². The van der Waals surface area contributed by atoms with Gasteiger partial charge in [0.05, 0.1) is 16.7 Å². The second kappa shape index (κ2) is 6.61. The largest absolute Gasteiger partial charge is 0.375 e. The number of hydrogen-bond donors (Lipinski definition) is 2. The molecule has 0 bridgehead atoms. The van der Waals surface area contributed by atoms with E-state index in [9.17, 15) is 0 Å². The lowest BCUT2D eigenvalue weighted by atomic mass is 9.73. The maximum atomic E-state index is 6.30. The van der Waals surface area contributed by atoms with E-state index < -0.39 is 0 Å².